The van der Waals surface area contributed by atoms with E-state index < -0.39 is 21.5 Å². The van der Waals surface area contributed by atoms with Crippen molar-refractivity contribution in [3.63, 3.8) is 0 Å². The van der Waals surface area contributed by atoms with Gasteiger partial charge in [-0.25, -0.2) is 13.7 Å². The van der Waals surface area contributed by atoms with E-state index in [2.05, 4.69) is 9.36 Å². The maximum Gasteiger partial charge on any atom is 0.290 e. The third-order valence-corrected chi connectivity index (χ3v) is 3.74. The number of halogens is 2. The Kier molecular flexibility index (Phi) is 3.64. The van der Waals surface area contributed by atoms with E-state index in [1.807, 2.05) is 0 Å². The van der Waals surface area contributed by atoms with Gasteiger partial charge in [0.15, 0.2) is 0 Å². The highest BCUT2D eigenvalue weighted by molar-refractivity contribution is 7.96. The van der Waals surface area contributed by atoms with Crippen molar-refractivity contribution in [3.05, 3.63) is 11.1 Å². The summed E-state index contributed by atoms with van der Waals surface area (Å²) in [4.78, 5) is 3.29. The SMILES string of the molecule is CN=S(N)(=O)/C(=C/N)C1=NCCCC1(F)F. The number of nitrogens with two attached hydrogens (primary N) is 2. The summed E-state index contributed by atoms with van der Waals surface area (Å²) in [5.74, 6) is -3.14. The van der Waals surface area contributed by atoms with Crippen LogP contribution < -0.4 is 10.9 Å². The molecule has 0 aromatic heterocycles. The second-order valence-electron chi connectivity index (χ2n) is 3.32. The highest BCUT2D eigenvalue weighted by Gasteiger charge is 2.41. The molecule has 0 radical (unpaired) electrons. The highest BCUT2D eigenvalue weighted by Crippen LogP contribution is 2.30. The fraction of sp³-hybridized carbons (Fsp3) is 0.625. The van der Waals surface area contributed by atoms with Crippen LogP contribution in [0.3, 0.4) is 0 Å². The van der Waals surface area contributed by atoms with E-state index in [4.69, 9.17) is 10.9 Å². The lowest BCUT2D eigenvalue weighted by molar-refractivity contribution is 0.0623. The number of aliphatic imine (C=N–C) groups is 1. The van der Waals surface area contributed by atoms with Crippen LogP contribution in [0.15, 0.2) is 20.5 Å². The van der Waals surface area contributed by atoms with Crippen LogP contribution >= 0.6 is 0 Å². The summed E-state index contributed by atoms with van der Waals surface area (Å²) in [5, 5.41) is 5.32. The van der Waals surface area contributed by atoms with Crippen molar-refractivity contribution in [2.24, 2.45) is 20.2 Å². The van der Waals surface area contributed by atoms with Gasteiger partial charge in [0.1, 0.15) is 20.5 Å². The number of alkyl halides is 2. The molecule has 92 valence electrons. The van der Waals surface area contributed by atoms with Crippen LogP contribution in [-0.4, -0.2) is 29.4 Å². The van der Waals surface area contributed by atoms with Gasteiger partial charge in [-0.2, -0.15) is 8.78 Å². The van der Waals surface area contributed by atoms with E-state index in [0.717, 1.165) is 6.20 Å². The van der Waals surface area contributed by atoms with Crippen molar-refractivity contribution in [1.29, 1.82) is 0 Å². The van der Waals surface area contributed by atoms with Crippen molar-refractivity contribution in [3.8, 4) is 0 Å². The van der Waals surface area contributed by atoms with Crippen LogP contribution in [-0.2, 0) is 9.92 Å². The molecule has 1 aliphatic heterocycles. The van der Waals surface area contributed by atoms with E-state index in [-0.39, 0.29) is 24.3 Å². The van der Waals surface area contributed by atoms with Gasteiger partial charge in [0.25, 0.3) is 5.92 Å². The van der Waals surface area contributed by atoms with E-state index in [9.17, 15) is 13.0 Å². The Morgan fingerprint density at radius 1 is 1.69 bits per heavy atom. The van der Waals surface area contributed by atoms with Crippen molar-refractivity contribution in [2.75, 3.05) is 13.6 Å². The summed E-state index contributed by atoms with van der Waals surface area (Å²) in [6.45, 7) is 0.251. The molecule has 1 heterocycles. The zero-order chi connectivity index (χ0) is 12.4. The van der Waals surface area contributed by atoms with Gasteiger partial charge in [-0.1, -0.05) is 0 Å². The fourth-order valence-electron chi connectivity index (χ4n) is 1.40. The Hall–Kier alpha value is -1.02. The molecule has 16 heavy (non-hydrogen) atoms. The monoisotopic (exact) mass is 252 g/mol. The minimum atomic E-state index is -3.38. The molecule has 1 unspecified atom stereocenters. The van der Waals surface area contributed by atoms with E-state index >= 15 is 0 Å². The van der Waals surface area contributed by atoms with Crippen LogP contribution in [0.25, 0.3) is 0 Å². The lowest BCUT2D eigenvalue weighted by atomic mass is 10.0. The molecule has 5 nitrogen and oxygen atoms in total. The normalized spacial score (nSPS) is 24.5. The summed E-state index contributed by atoms with van der Waals surface area (Å²) < 4.78 is 42.1. The topological polar surface area (TPSA) is 93.8 Å². The van der Waals surface area contributed by atoms with Gasteiger partial charge in [-0.3, -0.25) is 4.99 Å². The standard InChI is InChI=1S/C8H14F2N4OS/c1-13-16(12,15)6(5-11)7-8(9,10)3-2-4-14-7/h5H,2-4,11H2,1H3,(H2,12,13,15)/b6-5+. The highest BCUT2D eigenvalue weighted by atomic mass is 32.2. The Labute approximate surface area is 92.9 Å². The van der Waals surface area contributed by atoms with Crippen molar-refractivity contribution in [1.82, 2.24) is 0 Å². The largest absolute Gasteiger partial charge is 0.404 e. The Morgan fingerprint density at radius 3 is 2.75 bits per heavy atom. The summed E-state index contributed by atoms with van der Waals surface area (Å²) >= 11 is 0. The second kappa shape index (κ2) is 4.46. The zero-order valence-corrected chi connectivity index (χ0v) is 9.64. The van der Waals surface area contributed by atoms with Crippen molar-refractivity contribution < 1.29 is 13.0 Å². The third kappa shape index (κ3) is 2.38. The second-order valence-corrected chi connectivity index (χ2v) is 5.26. The first-order valence-electron chi connectivity index (χ1n) is 4.63. The van der Waals surface area contributed by atoms with Crippen LogP contribution in [0.5, 0.6) is 0 Å². The molecule has 1 atom stereocenters. The van der Waals surface area contributed by atoms with Crippen LogP contribution in [0, 0.1) is 0 Å². The summed E-state index contributed by atoms with van der Waals surface area (Å²) in [6.07, 6.45) is 0.735. The third-order valence-electron chi connectivity index (χ3n) is 2.24. The average Bonchev–Trinajstić information content (AvgIpc) is 2.21. The molecule has 0 saturated carbocycles. The lowest BCUT2D eigenvalue weighted by Crippen LogP contribution is -2.38. The molecule has 0 bridgehead atoms. The Morgan fingerprint density at radius 2 is 2.31 bits per heavy atom. The molecule has 0 spiro atoms. The van der Waals surface area contributed by atoms with Gasteiger partial charge in [0.2, 0.25) is 0 Å². The summed E-state index contributed by atoms with van der Waals surface area (Å²) in [7, 11) is -2.19. The van der Waals surface area contributed by atoms with Gasteiger partial charge >= 0.3 is 0 Å². The average molecular weight is 252 g/mol. The van der Waals surface area contributed by atoms with Gasteiger partial charge in [0.05, 0.1) is 0 Å². The van der Waals surface area contributed by atoms with E-state index in [1.54, 1.807) is 0 Å². The smallest absolute Gasteiger partial charge is 0.290 e. The van der Waals surface area contributed by atoms with Gasteiger partial charge < -0.3 is 5.73 Å². The van der Waals surface area contributed by atoms with Crippen molar-refractivity contribution >= 4 is 15.6 Å². The van der Waals surface area contributed by atoms with Crippen LogP contribution in [0.2, 0.25) is 0 Å². The lowest BCUT2D eigenvalue weighted by Gasteiger charge is -2.24. The Balaban J connectivity index is 3.28. The van der Waals surface area contributed by atoms with E-state index in [1.165, 1.54) is 7.05 Å². The molecule has 4 N–H and O–H groups in total. The van der Waals surface area contributed by atoms with Gasteiger partial charge in [-0.15, -0.1) is 0 Å². The molecule has 1 rings (SSSR count). The molecular weight excluding hydrogens is 238 g/mol. The molecule has 0 fully saturated rings. The maximum atomic E-state index is 13.5. The van der Waals surface area contributed by atoms with Crippen molar-refractivity contribution in [2.45, 2.75) is 18.8 Å². The Bertz CT molecular complexity index is 449. The molecule has 0 aromatic carbocycles. The molecule has 0 saturated heterocycles. The predicted octanol–water partition coefficient (Wildman–Crippen LogP) is 0.628. The number of rotatable bonds is 2. The molecule has 1 aliphatic rings. The zero-order valence-electron chi connectivity index (χ0n) is 8.82. The molecule has 0 aliphatic carbocycles. The first-order chi connectivity index (χ1) is 7.35. The number of nitrogens with zero attached hydrogens (tertiary/aromatic N) is 2. The molecular formula is C8H14F2N4OS. The van der Waals surface area contributed by atoms with Gasteiger partial charge in [-0.05, 0) is 6.42 Å². The number of hydrogen-bond donors (Lipinski definition) is 2. The van der Waals surface area contributed by atoms with Crippen LogP contribution in [0.1, 0.15) is 12.8 Å². The first-order valence-corrected chi connectivity index (χ1v) is 6.21. The quantitative estimate of drug-likeness (QED) is 0.754. The first kappa shape index (κ1) is 13.0. The predicted molar refractivity (Wildman–Crippen MR) is 59.4 cm³/mol. The maximum absolute atomic E-state index is 13.5. The number of allylic oxidation sites excluding steroid dienone is 1. The van der Waals surface area contributed by atoms with E-state index in [0.29, 0.717) is 0 Å². The minimum Gasteiger partial charge on any atom is -0.404 e. The van der Waals surface area contributed by atoms with Gasteiger partial charge in [0, 0.05) is 26.2 Å². The molecule has 0 aromatic rings. The summed E-state index contributed by atoms with van der Waals surface area (Å²) in [5.41, 5.74) is 4.59. The minimum absolute atomic E-state index is 0.251. The molecule has 8 heteroatoms. The van der Waals surface area contributed by atoms with Crippen LogP contribution in [0.4, 0.5) is 8.78 Å². The summed E-state index contributed by atoms with van der Waals surface area (Å²) in [6, 6.07) is 0. The number of hydrogen-bond acceptors (Lipinski definition) is 4. The fourth-order valence-corrected chi connectivity index (χ4v) is 2.28. The molecule has 0 amide bonds.